The van der Waals surface area contributed by atoms with Gasteiger partial charge in [0.05, 0.1) is 18.3 Å². The lowest BCUT2D eigenvalue weighted by molar-refractivity contribution is -0.135. The summed E-state index contributed by atoms with van der Waals surface area (Å²) in [6.07, 6.45) is 5.88. The summed E-state index contributed by atoms with van der Waals surface area (Å²) >= 11 is 14.3. The highest BCUT2D eigenvalue weighted by Crippen LogP contribution is 2.42. The van der Waals surface area contributed by atoms with Gasteiger partial charge >= 0.3 is 5.97 Å². The average Bonchev–Trinajstić information content (AvgIpc) is 3.15. The average molecular weight is 525 g/mol. The van der Waals surface area contributed by atoms with Crippen LogP contribution in [0.4, 0.5) is 0 Å². The second kappa shape index (κ2) is 9.97. The normalized spacial score (nSPS) is 18.8. The quantitative estimate of drug-likeness (QED) is 0.434. The maximum atomic E-state index is 13.5. The number of carbonyl (C=O) groups is 1. The minimum atomic E-state index is -0.546. The minimum Gasteiger partial charge on any atom is -0.463 e. The van der Waals surface area contributed by atoms with Gasteiger partial charge in [-0.1, -0.05) is 70.9 Å². The lowest BCUT2D eigenvalue weighted by Gasteiger charge is -2.31. The van der Waals surface area contributed by atoms with Crippen molar-refractivity contribution in [2.75, 3.05) is 6.61 Å². The molecule has 0 bridgehead atoms. The number of thiazole rings is 1. The maximum absolute atomic E-state index is 13.5. The van der Waals surface area contributed by atoms with Crippen LogP contribution in [0.5, 0.6) is 0 Å². The lowest BCUT2D eigenvalue weighted by Crippen LogP contribution is -2.39. The van der Waals surface area contributed by atoms with E-state index in [0.717, 1.165) is 47.2 Å². The molecular weight excluding hydrogens is 503 g/mol. The number of halogens is 2. The maximum Gasteiger partial charge on any atom is 0.332 e. The van der Waals surface area contributed by atoms with Crippen molar-refractivity contribution in [3.8, 4) is 0 Å². The van der Waals surface area contributed by atoms with Gasteiger partial charge in [0.2, 0.25) is 0 Å². The Bertz CT molecular complexity index is 1570. The minimum absolute atomic E-state index is 0.237. The number of aromatic nitrogens is 1. The van der Waals surface area contributed by atoms with Crippen LogP contribution in [0.3, 0.4) is 0 Å². The molecule has 0 N–H and O–H groups in total. The second-order valence-electron chi connectivity index (χ2n) is 8.27. The molecule has 2 heterocycles. The molecule has 2 aromatic carbocycles. The summed E-state index contributed by atoms with van der Waals surface area (Å²) in [7, 11) is 0. The Kier molecular flexibility index (Phi) is 6.78. The molecule has 0 saturated heterocycles. The molecular formula is C27H22Cl2N2O3S. The molecule has 2 aliphatic rings. The summed E-state index contributed by atoms with van der Waals surface area (Å²) in [5.74, 6) is -0.546. The Morgan fingerprint density at radius 3 is 2.63 bits per heavy atom. The Morgan fingerprint density at radius 2 is 1.89 bits per heavy atom. The van der Waals surface area contributed by atoms with Crippen LogP contribution < -0.4 is 14.9 Å². The predicted molar refractivity (Wildman–Crippen MR) is 140 cm³/mol. The van der Waals surface area contributed by atoms with Gasteiger partial charge in [0.15, 0.2) is 4.80 Å². The molecule has 3 aromatic rings. The summed E-state index contributed by atoms with van der Waals surface area (Å²) in [6, 6.07) is 14.8. The van der Waals surface area contributed by atoms with Gasteiger partial charge in [-0.15, -0.1) is 0 Å². The molecule has 0 saturated carbocycles. The van der Waals surface area contributed by atoms with Crippen LogP contribution in [0.2, 0.25) is 10.0 Å². The SMILES string of the molecule is CCOC(=O)/C=c1\sc2n(c1=O)[C@H](c1ccccc1Cl)C1=C(N=2)/C(=C/c2ccccc2Cl)CCC1. The Hall–Kier alpha value is -2.93. The van der Waals surface area contributed by atoms with Crippen LogP contribution in [-0.2, 0) is 9.53 Å². The number of hydrogen-bond donors (Lipinski definition) is 0. The van der Waals surface area contributed by atoms with Crippen LogP contribution in [0.25, 0.3) is 12.2 Å². The van der Waals surface area contributed by atoms with Crippen molar-refractivity contribution >= 4 is 52.7 Å². The first-order valence-electron chi connectivity index (χ1n) is 11.4. The number of nitrogens with zero attached hydrogens (tertiary/aromatic N) is 2. The van der Waals surface area contributed by atoms with Gasteiger partial charge in [-0.25, -0.2) is 9.79 Å². The number of fused-ring (bicyclic) bond motifs is 1. The molecule has 5 rings (SSSR count). The third-order valence-corrected chi connectivity index (χ3v) is 7.77. The van der Waals surface area contributed by atoms with Crippen molar-refractivity contribution in [1.82, 2.24) is 4.57 Å². The fraction of sp³-hybridized carbons (Fsp3) is 0.222. The van der Waals surface area contributed by atoms with Gasteiger partial charge in [-0.3, -0.25) is 9.36 Å². The van der Waals surface area contributed by atoms with E-state index in [-0.39, 0.29) is 16.7 Å². The van der Waals surface area contributed by atoms with Crippen molar-refractivity contribution < 1.29 is 9.53 Å². The van der Waals surface area contributed by atoms with Crippen LogP contribution in [0.1, 0.15) is 43.4 Å². The van der Waals surface area contributed by atoms with E-state index >= 15 is 0 Å². The zero-order valence-corrected chi connectivity index (χ0v) is 21.3. The van der Waals surface area contributed by atoms with Crippen molar-refractivity contribution in [3.05, 3.63) is 106 Å². The molecule has 0 spiro atoms. The van der Waals surface area contributed by atoms with E-state index in [1.165, 1.54) is 17.4 Å². The van der Waals surface area contributed by atoms with Gasteiger partial charge in [-0.05, 0) is 66.7 Å². The van der Waals surface area contributed by atoms with Gasteiger partial charge in [0, 0.05) is 16.1 Å². The third-order valence-electron chi connectivity index (χ3n) is 6.10. The number of rotatable bonds is 4. The molecule has 1 aliphatic heterocycles. The van der Waals surface area contributed by atoms with Gasteiger partial charge < -0.3 is 4.74 Å². The summed E-state index contributed by atoms with van der Waals surface area (Å²) in [5.41, 5.74) is 4.45. The lowest BCUT2D eigenvalue weighted by atomic mass is 9.84. The number of benzene rings is 2. The molecule has 0 fully saturated rings. The Labute approximate surface area is 216 Å². The number of ether oxygens (including phenoxy) is 1. The summed E-state index contributed by atoms with van der Waals surface area (Å²) in [5, 5.41) is 1.25. The number of carbonyl (C=O) groups excluding carboxylic acids is 1. The van der Waals surface area contributed by atoms with Crippen LogP contribution in [-0.4, -0.2) is 17.1 Å². The van der Waals surface area contributed by atoms with E-state index in [0.29, 0.717) is 14.8 Å². The van der Waals surface area contributed by atoms with Crippen molar-refractivity contribution in [1.29, 1.82) is 0 Å². The highest BCUT2D eigenvalue weighted by molar-refractivity contribution is 7.07. The summed E-state index contributed by atoms with van der Waals surface area (Å²) in [6.45, 7) is 1.96. The Morgan fingerprint density at radius 1 is 1.14 bits per heavy atom. The van der Waals surface area contributed by atoms with Gasteiger partial charge in [-0.2, -0.15) is 0 Å². The van der Waals surface area contributed by atoms with E-state index in [1.54, 1.807) is 11.5 Å². The standard InChI is InChI=1S/C27H22Cl2N2O3S/c1-2-34-23(32)15-22-26(33)31-25(18-10-4-6-13-21(18)29)19-11-7-9-17(24(19)30-27(31)35-22)14-16-8-3-5-12-20(16)28/h3-6,8,10,12-15,25H,2,7,9,11H2,1H3/b17-14+,22-15-/t25-/m1/s1. The zero-order chi connectivity index (χ0) is 24.5. The number of hydrogen-bond acceptors (Lipinski definition) is 5. The molecule has 8 heteroatoms. The van der Waals surface area contributed by atoms with Crippen molar-refractivity contribution in [2.45, 2.75) is 32.2 Å². The largest absolute Gasteiger partial charge is 0.463 e. The second-order valence-corrected chi connectivity index (χ2v) is 10.1. The molecule has 1 atom stereocenters. The van der Waals surface area contributed by atoms with Crippen molar-refractivity contribution in [2.24, 2.45) is 4.99 Å². The fourth-order valence-electron chi connectivity index (χ4n) is 4.60. The number of esters is 1. The molecule has 1 aliphatic carbocycles. The summed E-state index contributed by atoms with van der Waals surface area (Å²) < 4.78 is 6.98. The molecule has 0 amide bonds. The number of allylic oxidation sites excluding steroid dienone is 2. The zero-order valence-electron chi connectivity index (χ0n) is 19.0. The predicted octanol–water partition coefficient (Wildman–Crippen LogP) is 5.30. The van der Waals surface area contributed by atoms with Crippen molar-refractivity contribution in [3.63, 3.8) is 0 Å². The van der Waals surface area contributed by atoms with Gasteiger partial charge in [0.25, 0.3) is 5.56 Å². The first-order chi connectivity index (χ1) is 17.0. The highest BCUT2D eigenvalue weighted by atomic mass is 35.5. The van der Waals surface area contributed by atoms with Gasteiger partial charge in [0.1, 0.15) is 4.53 Å². The van der Waals surface area contributed by atoms with E-state index in [9.17, 15) is 9.59 Å². The smallest absolute Gasteiger partial charge is 0.332 e. The summed E-state index contributed by atoms with van der Waals surface area (Å²) in [4.78, 5) is 31.1. The van der Waals surface area contributed by atoms with Crippen LogP contribution in [0.15, 0.2) is 75.2 Å². The molecule has 0 radical (unpaired) electrons. The van der Waals surface area contributed by atoms with Crippen LogP contribution >= 0.6 is 34.5 Å². The monoisotopic (exact) mass is 524 g/mol. The van der Waals surface area contributed by atoms with E-state index in [2.05, 4.69) is 6.08 Å². The molecule has 178 valence electrons. The van der Waals surface area contributed by atoms with E-state index < -0.39 is 12.0 Å². The van der Waals surface area contributed by atoms with E-state index in [4.69, 9.17) is 32.9 Å². The highest BCUT2D eigenvalue weighted by Gasteiger charge is 2.33. The third kappa shape index (κ3) is 4.54. The molecule has 35 heavy (non-hydrogen) atoms. The first kappa shape index (κ1) is 23.8. The topological polar surface area (TPSA) is 60.7 Å². The molecule has 5 nitrogen and oxygen atoms in total. The molecule has 1 aromatic heterocycles. The Balaban J connectivity index is 1.77. The first-order valence-corrected chi connectivity index (χ1v) is 13.0. The van der Waals surface area contributed by atoms with E-state index in [1.807, 2.05) is 48.5 Å². The van der Waals surface area contributed by atoms with Crippen LogP contribution in [0, 0.1) is 0 Å². The fourth-order valence-corrected chi connectivity index (χ4v) is 5.99. The molecule has 0 unspecified atom stereocenters.